The fraction of sp³-hybridized carbons (Fsp3) is 0.263. The highest BCUT2D eigenvalue weighted by Gasteiger charge is 2.48. The van der Waals surface area contributed by atoms with E-state index < -0.39 is 23.8 Å². The van der Waals surface area contributed by atoms with Crippen molar-refractivity contribution in [2.75, 3.05) is 0 Å². The van der Waals surface area contributed by atoms with Crippen LogP contribution in [0.3, 0.4) is 0 Å². The number of hydrogen-bond donors (Lipinski definition) is 1. The van der Waals surface area contributed by atoms with Crippen molar-refractivity contribution >= 4 is 23.6 Å². The molecule has 2 aromatic rings. The normalized spacial score (nSPS) is 15.8. The zero-order valence-corrected chi connectivity index (χ0v) is 15.7. The Hall–Kier alpha value is -2.92. The summed E-state index contributed by atoms with van der Waals surface area (Å²) in [6, 6.07) is 2.71. The van der Waals surface area contributed by atoms with E-state index in [-0.39, 0.29) is 21.9 Å². The Bertz CT molecular complexity index is 1070. The van der Waals surface area contributed by atoms with Gasteiger partial charge in [-0.3, -0.25) is 4.68 Å². The lowest BCUT2D eigenvalue weighted by Crippen LogP contribution is -2.40. The van der Waals surface area contributed by atoms with E-state index in [1.54, 1.807) is 18.7 Å². The molecule has 0 radical (unpaired) electrons. The summed E-state index contributed by atoms with van der Waals surface area (Å²) in [5, 5.41) is 13.6. The summed E-state index contributed by atoms with van der Waals surface area (Å²) in [6.45, 7) is 3.58. The van der Waals surface area contributed by atoms with Crippen molar-refractivity contribution in [2.45, 2.75) is 26.1 Å². The molecule has 146 valence electrons. The van der Waals surface area contributed by atoms with Crippen LogP contribution in [0, 0.1) is 25.7 Å². The molecule has 3 rings (SSSR count). The van der Waals surface area contributed by atoms with Crippen LogP contribution in [0.5, 0.6) is 5.75 Å². The number of ether oxygens (including phenoxy) is 1. The van der Waals surface area contributed by atoms with Gasteiger partial charge in [0.1, 0.15) is 5.75 Å². The molecule has 0 fully saturated rings. The number of halogens is 4. The lowest BCUT2D eigenvalue weighted by atomic mass is 9.98. The number of alkyl halides is 3. The van der Waals surface area contributed by atoms with Gasteiger partial charge in [-0.15, -0.1) is 0 Å². The van der Waals surface area contributed by atoms with Gasteiger partial charge in [-0.2, -0.15) is 18.3 Å². The highest BCUT2D eigenvalue weighted by atomic mass is 35.5. The first-order valence-electron chi connectivity index (χ1n) is 8.03. The van der Waals surface area contributed by atoms with Crippen LogP contribution in [0.15, 0.2) is 17.7 Å². The highest BCUT2D eigenvalue weighted by Crippen LogP contribution is 2.40. The van der Waals surface area contributed by atoms with E-state index in [0.717, 1.165) is 11.8 Å². The number of fused-ring (bicyclic) bond motifs is 1. The van der Waals surface area contributed by atoms with Gasteiger partial charge in [0.15, 0.2) is 0 Å². The average molecular weight is 411 g/mol. The maximum absolute atomic E-state index is 13.3. The molecule has 0 spiro atoms. The summed E-state index contributed by atoms with van der Waals surface area (Å²) in [7, 11) is 1.75. The van der Waals surface area contributed by atoms with E-state index in [2.05, 4.69) is 16.9 Å². The SMILES string of the molecule is Cc1nn(C)c(C)c1C#Cc1cc(Cl)cc2c1OC(C(F)(F)F)C(C(=O)O)=C2. The molecule has 28 heavy (non-hydrogen) atoms. The fourth-order valence-electron chi connectivity index (χ4n) is 2.87. The smallest absolute Gasteiger partial charge is 0.430 e. The third-order valence-electron chi connectivity index (χ3n) is 4.29. The Balaban J connectivity index is 2.16. The average Bonchev–Trinajstić information content (AvgIpc) is 2.82. The molecular weight excluding hydrogens is 397 g/mol. The van der Waals surface area contributed by atoms with Crippen LogP contribution in [0.2, 0.25) is 5.02 Å². The Kier molecular flexibility index (Phi) is 4.90. The summed E-state index contributed by atoms with van der Waals surface area (Å²) >= 11 is 6.05. The van der Waals surface area contributed by atoms with Crippen molar-refractivity contribution in [1.82, 2.24) is 9.78 Å². The summed E-state index contributed by atoms with van der Waals surface area (Å²) in [6.07, 6.45) is -6.58. The molecule has 9 heteroatoms. The first kappa shape index (κ1) is 19.8. The van der Waals surface area contributed by atoms with E-state index in [1.165, 1.54) is 12.1 Å². The van der Waals surface area contributed by atoms with Crippen LogP contribution in [0.1, 0.15) is 28.1 Å². The molecule has 1 aromatic heterocycles. The zero-order valence-electron chi connectivity index (χ0n) is 15.0. The van der Waals surface area contributed by atoms with Gasteiger partial charge in [-0.05, 0) is 32.1 Å². The third-order valence-corrected chi connectivity index (χ3v) is 4.51. The monoisotopic (exact) mass is 410 g/mol. The summed E-state index contributed by atoms with van der Waals surface area (Å²) in [5.41, 5.74) is 1.43. The quantitative estimate of drug-likeness (QED) is 0.725. The van der Waals surface area contributed by atoms with E-state index in [9.17, 15) is 18.0 Å². The topological polar surface area (TPSA) is 64.4 Å². The van der Waals surface area contributed by atoms with Crippen LogP contribution in [0.25, 0.3) is 6.08 Å². The molecule has 1 aliphatic heterocycles. The van der Waals surface area contributed by atoms with Crippen molar-refractivity contribution in [3.8, 4) is 17.6 Å². The number of rotatable bonds is 1. The van der Waals surface area contributed by atoms with Gasteiger partial charge in [0.25, 0.3) is 0 Å². The Morgan fingerprint density at radius 3 is 2.54 bits per heavy atom. The third kappa shape index (κ3) is 3.58. The number of nitrogens with zero attached hydrogens (tertiary/aromatic N) is 2. The number of hydrogen-bond acceptors (Lipinski definition) is 3. The largest absolute Gasteiger partial charge is 0.478 e. The second kappa shape index (κ2) is 6.91. The first-order chi connectivity index (χ1) is 13.0. The number of carbonyl (C=O) groups is 1. The van der Waals surface area contributed by atoms with Gasteiger partial charge in [-0.1, -0.05) is 23.4 Å². The second-order valence-corrected chi connectivity index (χ2v) is 6.67. The van der Waals surface area contributed by atoms with E-state index in [1.807, 2.05) is 6.92 Å². The van der Waals surface area contributed by atoms with Crippen molar-refractivity contribution in [2.24, 2.45) is 7.05 Å². The molecule has 0 aliphatic carbocycles. The van der Waals surface area contributed by atoms with Gasteiger partial charge < -0.3 is 9.84 Å². The highest BCUT2D eigenvalue weighted by molar-refractivity contribution is 6.31. The van der Waals surface area contributed by atoms with E-state index in [4.69, 9.17) is 21.4 Å². The summed E-state index contributed by atoms with van der Waals surface area (Å²) < 4.78 is 46.6. The lowest BCUT2D eigenvalue weighted by Gasteiger charge is -2.27. The molecule has 1 aromatic carbocycles. The molecule has 1 N–H and O–H groups in total. The lowest BCUT2D eigenvalue weighted by molar-refractivity contribution is -0.187. The van der Waals surface area contributed by atoms with E-state index in [0.29, 0.717) is 11.3 Å². The minimum atomic E-state index is -4.90. The van der Waals surface area contributed by atoms with Crippen LogP contribution in [-0.4, -0.2) is 33.1 Å². The Morgan fingerprint density at radius 2 is 2.00 bits per heavy atom. The summed E-state index contributed by atoms with van der Waals surface area (Å²) in [5.74, 6) is 3.79. The van der Waals surface area contributed by atoms with Crippen molar-refractivity contribution in [3.63, 3.8) is 0 Å². The maximum atomic E-state index is 13.3. The number of carboxylic acids is 1. The predicted molar refractivity (Wildman–Crippen MR) is 96.2 cm³/mol. The molecule has 0 saturated carbocycles. The molecule has 1 atom stereocenters. The maximum Gasteiger partial charge on any atom is 0.430 e. The molecule has 5 nitrogen and oxygen atoms in total. The number of carboxylic acid groups (broad SMARTS) is 1. The molecule has 0 saturated heterocycles. The van der Waals surface area contributed by atoms with Crippen LogP contribution >= 0.6 is 11.6 Å². The van der Waals surface area contributed by atoms with Gasteiger partial charge >= 0.3 is 12.1 Å². The second-order valence-electron chi connectivity index (χ2n) is 6.24. The number of aromatic nitrogens is 2. The van der Waals surface area contributed by atoms with Crippen LogP contribution in [0.4, 0.5) is 13.2 Å². The van der Waals surface area contributed by atoms with Crippen LogP contribution < -0.4 is 4.74 Å². The van der Waals surface area contributed by atoms with Gasteiger partial charge in [0, 0.05) is 17.6 Å². The Morgan fingerprint density at radius 1 is 1.32 bits per heavy atom. The van der Waals surface area contributed by atoms with Crippen molar-refractivity contribution < 1.29 is 27.8 Å². The molecule has 0 bridgehead atoms. The standard InChI is InChI=1S/C19H14ClF3N2O3/c1-9-14(10(2)25(3)24-9)5-4-11-6-13(20)7-12-8-15(18(26)27)17(19(21,22)23)28-16(11)12/h6-8,17H,1-3H3,(H,26,27). The van der Waals surface area contributed by atoms with Crippen LogP contribution in [-0.2, 0) is 11.8 Å². The molecule has 1 unspecified atom stereocenters. The number of aryl methyl sites for hydroxylation is 2. The van der Waals surface area contributed by atoms with Gasteiger partial charge in [0.2, 0.25) is 6.10 Å². The van der Waals surface area contributed by atoms with Crippen molar-refractivity contribution in [1.29, 1.82) is 0 Å². The minimum absolute atomic E-state index is 0.120. The summed E-state index contributed by atoms with van der Waals surface area (Å²) in [4.78, 5) is 11.3. The predicted octanol–water partition coefficient (Wildman–Crippen LogP) is 3.88. The molecule has 2 heterocycles. The zero-order chi connectivity index (χ0) is 20.8. The molecule has 0 amide bonds. The molecular formula is C19H14ClF3N2O3. The molecule has 1 aliphatic rings. The van der Waals surface area contributed by atoms with E-state index >= 15 is 0 Å². The number of aliphatic carboxylic acids is 1. The number of benzene rings is 1. The first-order valence-corrected chi connectivity index (χ1v) is 8.41. The fourth-order valence-corrected chi connectivity index (χ4v) is 3.10. The Labute approximate surface area is 163 Å². The van der Waals surface area contributed by atoms with Crippen molar-refractivity contribution in [3.05, 3.63) is 50.8 Å². The van der Waals surface area contributed by atoms with Gasteiger partial charge in [0.05, 0.1) is 28.1 Å². The van der Waals surface area contributed by atoms with Gasteiger partial charge in [-0.25, -0.2) is 4.79 Å². The minimum Gasteiger partial charge on any atom is -0.478 e.